The van der Waals surface area contributed by atoms with E-state index < -0.39 is 0 Å². The minimum absolute atomic E-state index is 0.0147. The van der Waals surface area contributed by atoms with Crippen molar-refractivity contribution in [2.75, 3.05) is 0 Å². The van der Waals surface area contributed by atoms with Crippen molar-refractivity contribution in [3.8, 4) is 5.75 Å². The highest BCUT2D eigenvalue weighted by Gasteiger charge is 2.09. The van der Waals surface area contributed by atoms with Gasteiger partial charge in [-0.25, -0.2) is 0 Å². The summed E-state index contributed by atoms with van der Waals surface area (Å²) in [6.45, 7) is 0. The van der Waals surface area contributed by atoms with Crippen molar-refractivity contribution in [3.05, 3.63) is 50.6 Å². The first-order chi connectivity index (χ1) is 7.65. The average molecular weight is 298 g/mol. The molecule has 2 nitrogen and oxygen atoms in total. The zero-order valence-corrected chi connectivity index (χ0v) is 11.0. The van der Waals surface area contributed by atoms with Crippen LogP contribution in [0.5, 0.6) is 5.75 Å². The Morgan fingerprint density at radius 2 is 1.88 bits per heavy atom. The molecule has 0 aliphatic heterocycles. The summed E-state index contributed by atoms with van der Waals surface area (Å²) in [6, 6.07) is 11.2. The zero-order chi connectivity index (χ0) is 11.5. The van der Waals surface area contributed by atoms with Gasteiger partial charge in [0.05, 0.1) is 3.79 Å². The second-order valence-electron chi connectivity index (χ2n) is 3.62. The molecule has 0 amide bonds. The van der Waals surface area contributed by atoms with Crippen LogP contribution < -0.4 is 5.73 Å². The molecule has 0 aliphatic carbocycles. The van der Waals surface area contributed by atoms with E-state index in [1.807, 2.05) is 24.3 Å². The average Bonchev–Trinajstić information content (AvgIpc) is 2.68. The lowest BCUT2D eigenvalue weighted by Crippen LogP contribution is -2.11. The predicted molar refractivity (Wildman–Crippen MR) is 70.8 cm³/mol. The van der Waals surface area contributed by atoms with E-state index in [0.717, 1.165) is 15.8 Å². The molecule has 2 aromatic rings. The monoisotopic (exact) mass is 297 g/mol. The van der Waals surface area contributed by atoms with Crippen LogP contribution >= 0.6 is 27.3 Å². The summed E-state index contributed by atoms with van der Waals surface area (Å²) in [5.41, 5.74) is 7.24. The summed E-state index contributed by atoms with van der Waals surface area (Å²) >= 11 is 5.09. The van der Waals surface area contributed by atoms with E-state index in [4.69, 9.17) is 5.73 Å². The molecule has 0 fully saturated rings. The molecule has 4 heteroatoms. The maximum atomic E-state index is 9.18. The number of hydrogen-bond donors (Lipinski definition) is 2. The van der Waals surface area contributed by atoms with Crippen molar-refractivity contribution in [2.24, 2.45) is 5.73 Å². The van der Waals surface area contributed by atoms with Gasteiger partial charge < -0.3 is 10.8 Å². The Morgan fingerprint density at radius 1 is 1.19 bits per heavy atom. The minimum Gasteiger partial charge on any atom is -0.508 e. The topological polar surface area (TPSA) is 46.2 Å². The van der Waals surface area contributed by atoms with Crippen LogP contribution in [0, 0.1) is 0 Å². The van der Waals surface area contributed by atoms with Crippen LogP contribution in [-0.4, -0.2) is 5.11 Å². The molecule has 0 saturated heterocycles. The van der Waals surface area contributed by atoms with Crippen molar-refractivity contribution in [3.63, 3.8) is 0 Å². The third-order valence-electron chi connectivity index (χ3n) is 2.35. The van der Waals surface area contributed by atoms with Gasteiger partial charge in [-0.05, 0) is 52.2 Å². The van der Waals surface area contributed by atoms with Crippen molar-refractivity contribution in [1.29, 1.82) is 0 Å². The molecule has 1 aromatic heterocycles. The van der Waals surface area contributed by atoms with E-state index >= 15 is 0 Å². The Balaban J connectivity index is 2.07. The molecule has 0 saturated carbocycles. The highest BCUT2D eigenvalue weighted by atomic mass is 79.9. The van der Waals surface area contributed by atoms with E-state index in [2.05, 4.69) is 15.9 Å². The third-order valence-corrected chi connectivity index (χ3v) is 4.11. The molecule has 3 N–H and O–H groups in total. The lowest BCUT2D eigenvalue weighted by atomic mass is 10.1. The van der Waals surface area contributed by atoms with Crippen LogP contribution in [0.4, 0.5) is 0 Å². The van der Waals surface area contributed by atoms with Crippen LogP contribution in [0.3, 0.4) is 0 Å². The van der Waals surface area contributed by atoms with Gasteiger partial charge in [0.2, 0.25) is 0 Å². The fourth-order valence-corrected chi connectivity index (χ4v) is 2.94. The Bertz CT molecular complexity index is 466. The van der Waals surface area contributed by atoms with E-state index in [-0.39, 0.29) is 11.8 Å². The number of benzene rings is 1. The SMILES string of the molecule is NC(Cc1ccc(O)cc1)c1ccc(Br)s1. The number of nitrogens with two attached hydrogens (primary N) is 1. The Kier molecular flexibility index (Phi) is 3.63. The molecule has 1 aromatic carbocycles. The molecule has 84 valence electrons. The number of thiophene rings is 1. The highest BCUT2D eigenvalue weighted by molar-refractivity contribution is 9.11. The predicted octanol–water partition coefficient (Wildman–Crippen LogP) is 3.46. The van der Waals surface area contributed by atoms with E-state index in [1.165, 1.54) is 4.88 Å². The summed E-state index contributed by atoms with van der Waals surface area (Å²) in [4.78, 5) is 1.17. The van der Waals surface area contributed by atoms with Gasteiger partial charge in [-0.15, -0.1) is 11.3 Å². The van der Waals surface area contributed by atoms with Gasteiger partial charge in [0.15, 0.2) is 0 Å². The standard InChI is InChI=1S/C12H12BrNOS/c13-12-6-5-11(16-12)10(14)7-8-1-3-9(15)4-2-8/h1-6,10,15H,7,14H2. The Morgan fingerprint density at radius 3 is 2.44 bits per heavy atom. The summed E-state index contributed by atoms with van der Waals surface area (Å²) in [5, 5.41) is 9.18. The van der Waals surface area contributed by atoms with Crippen LogP contribution in [0.2, 0.25) is 0 Å². The second kappa shape index (κ2) is 4.99. The molecule has 0 bridgehead atoms. The molecule has 1 atom stereocenters. The van der Waals surface area contributed by atoms with Crippen LogP contribution in [-0.2, 0) is 6.42 Å². The summed E-state index contributed by atoms with van der Waals surface area (Å²) < 4.78 is 1.10. The van der Waals surface area contributed by atoms with Gasteiger partial charge in [-0.3, -0.25) is 0 Å². The first kappa shape index (κ1) is 11.6. The molecule has 0 spiro atoms. The number of rotatable bonds is 3. The smallest absolute Gasteiger partial charge is 0.115 e. The van der Waals surface area contributed by atoms with Gasteiger partial charge in [0.1, 0.15) is 5.75 Å². The molecule has 16 heavy (non-hydrogen) atoms. The lowest BCUT2D eigenvalue weighted by molar-refractivity contribution is 0.475. The third kappa shape index (κ3) is 2.84. The molecular weight excluding hydrogens is 286 g/mol. The minimum atomic E-state index is 0.0147. The maximum Gasteiger partial charge on any atom is 0.115 e. The fourth-order valence-electron chi connectivity index (χ4n) is 1.51. The lowest BCUT2D eigenvalue weighted by Gasteiger charge is -2.09. The molecule has 0 aliphatic rings. The summed E-state index contributed by atoms with van der Waals surface area (Å²) in [6.07, 6.45) is 0.785. The molecule has 2 rings (SSSR count). The molecule has 1 unspecified atom stereocenters. The quantitative estimate of drug-likeness (QED) is 0.911. The Labute approximate surface area is 107 Å². The maximum absolute atomic E-state index is 9.18. The van der Waals surface area contributed by atoms with Gasteiger partial charge in [-0.1, -0.05) is 12.1 Å². The van der Waals surface area contributed by atoms with E-state index in [0.29, 0.717) is 0 Å². The summed E-state index contributed by atoms with van der Waals surface area (Å²) in [7, 11) is 0. The van der Waals surface area contributed by atoms with Gasteiger partial charge >= 0.3 is 0 Å². The number of hydrogen-bond acceptors (Lipinski definition) is 3. The second-order valence-corrected chi connectivity index (χ2v) is 6.11. The van der Waals surface area contributed by atoms with Gasteiger partial charge in [0, 0.05) is 10.9 Å². The fraction of sp³-hybridized carbons (Fsp3) is 0.167. The van der Waals surface area contributed by atoms with Gasteiger partial charge in [0.25, 0.3) is 0 Å². The van der Waals surface area contributed by atoms with Crippen LogP contribution in [0.1, 0.15) is 16.5 Å². The van der Waals surface area contributed by atoms with Crippen molar-refractivity contribution in [2.45, 2.75) is 12.5 Å². The first-order valence-electron chi connectivity index (χ1n) is 4.94. The van der Waals surface area contributed by atoms with E-state index in [9.17, 15) is 5.11 Å². The molecular formula is C12H12BrNOS. The van der Waals surface area contributed by atoms with Gasteiger partial charge in [-0.2, -0.15) is 0 Å². The van der Waals surface area contributed by atoms with Crippen molar-refractivity contribution < 1.29 is 5.11 Å². The number of halogens is 1. The first-order valence-corrected chi connectivity index (χ1v) is 6.55. The van der Waals surface area contributed by atoms with Crippen LogP contribution in [0.15, 0.2) is 40.2 Å². The molecule has 0 radical (unpaired) electrons. The number of phenolic OH excluding ortho intramolecular Hbond substituents is 1. The molecule has 1 heterocycles. The normalized spacial score (nSPS) is 12.6. The van der Waals surface area contributed by atoms with Crippen LogP contribution in [0.25, 0.3) is 0 Å². The zero-order valence-electron chi connectivity index (χ0n) is 8.56. The largest absolute Gasteiger partial charge is 0.508 e. The highest BCUT2D eigenvalue weighted by Crippen LogP contribution is 2.28. The Hall–Kier alpha value is -0.840. The van der Waals surface area contributed by atoms with Crippen molar-refractivity contribution in [1.82, 2.24) is 0 Å². The number of phenols is 1. The number of aromatic hydroxyl groups is 1. The van der Waals surface area contributed by atoms with E-state index in [1.54, 1.807) is 23.5 Å². The summed E-state index contributed by atoms with van der Waals surface area (Å²) in [5.74, 6) is 0.288. The van der Waals surface area contributed by atoms with Crippen molar-refractivity contribution >= 4 is 27.3 Å².